The maximum atomic E-state index is 15.2. The first-order valence-corrected chi connectivity index (χ1v) is 13.7. The summed E-state index contributed by atoms with van der Waals surface area (Å²) in [7, 11) is 0. The van der Waals surface area contributed by atoms with E-state index in [1.165, 1.54) is 17.6 Å². The number of allylic oxidation sites excluding steroid dienone is 6. The summed E-state index contributed by atoms with van der Waals surface area (Å²) in [6, 6.07) is 5.87. The van der Waals surface area contributed by atoms with Crippen molar-refractivity contribution in [3.05, 3.63) is 76.3 Å². The van der Waals surface area contributed by atoms with Gasteiger partial charge in [0.15, 0.2) is 24.7 Å². The van der Waals surface area contributed by atoms with Gasteiger partial charge >= 0.3 is 0 Å². The van der Waals surface area contributed by atoms with Gasteiger partial charge in [0.1, 0.15) is 0 Å². The second kappa shape index (κ2) is 11.2. The van der Waals surface area contributed by atoms with Crippen LogP contribution in [0.15, 0.2) is 53.6 Å². The lowest BCUT2D eigenvalue weighted by atomic mass is 9.85. The van der Waals surface area contributed by atoms with Crippen molar-refractivity contribution in [2.45, 2.75) is 79.2 Å². The van der Waals surface area contributed by atoms with Gasteiger partial charge < -0.3 is 5.32 Å². The van der Waals surface area contributed by atoms with Crippen molar-refractivity contribution < 1.29 is 8.34 Å². The molecular weight excluding hydrogens is 467 g/mol. The quantitative estimate of drug-likeness (QED) is 0.296. The van der Waals surface area contributed by atoms with E-state index in [0.29, 0.717) is 35.4 Å². The van der Waals surface area contributed by atoms with E-state index in [1.54, 1.807) is 3.95 Å². The molecule has 1 aliphatic carbocycles. The number of nitrogens with zero attached hydrogens (tertiary/aromatic N) is 2. The minimum Gasteiger partial charge on any atom is -0.336 e. The average Bonchev–Trinajstić information content (AvgIpc) is 3.50. The summed E-state index contributed by atoms with van der Waals surface area (Å²) in [6.45, 7) is 12.4. The summed E-state index contributed by atoms with van der Waals surface area (Å²) in [5, 5.41) is 10.9. The van der Waals surface area contributed by atoms with Crippen LogP contribution in [0, 0.1) is 17.2 Å². The zero-order chi connectivity index (χ0) is 25.9. The van der Waals surface area contributed by atoms with Crippen LogP contribution in [0.25, 0.3) is 0 Å². The number of halogens is 1. The molecule has 4 nitrogen and oxygen atoms in total. The molecule has 2 unspecified atom stereocenters. The molecule has 0 radical (unpaired) electrons. The molecule has 6 heteroatoms. The number of H-pyrrole nitrogens is 1. The number of hydrogen-bond acceptors (Lipinski definition) is 3. The van der Waals surface area contributed by atoms with Crippen molar-refractivity contribution in [1.29, 1.82) is 0 Å². The van der Waals surface area contributed by atoms with Crippen LogP contribution < -0.4 is 5.32 Å². The van der Waals surface area contributed by atoms with Crippen LogP contribution in [0.1, 0.15) is 83.0 Å². The first kappa shape index (κ1) is 26.5. The summed E-state index contributed by atoms with van der Waals surface area (Å²) in [4.78, 5) is 0. The van der Waals surface area contributed by atoms with Gasteiger partial charge in [0.05, 0.1) is 11.3 Å². The Morgan fingerprint density at radius 2 is 2.08 bits per heavy atom. The summed E-state index contributed by atoms with van der Waals surface area (Å²) in [5.74, 6) is 1.41. The highest BCUT2D eigenvalue weighted by atomic mass is 32.1. The van der Waals surface area contributed by atoms with Crippen LogP contribution in [0.3, 0.4) is 0 Å². The van der Waals surface area contributed by atoms with Gasteiger partial charge in [-0.25, -0.2) is 4.39 Å². The highest BCUT2D eigenvalue weighted by molar-refractivity contribution is 7.44. The third kappa shape index (κ3) is 6.03. The predicted octanol–water partition coefficient (Wildman–Crippen LogP) is 7.86. The van der Waals surface area contributed by atoms with Crippen molar-refractivity contribution in [1.82, 2.24) is 10.2 Å². The lowest BCUT2D eigenvalue weighted by Gasteiger charge is -2.20. The molecule has 2 aromatic rings. The summed E-state index contributed by atoms with van der Waals surface area (Å²) in [5.41, 5.74) is 6.27. The van der Waals surface area contributed by atoms with Gasteiger partial charge in [-0.05, 0) is 66.7 Å². The van der Waals surface area contributed by atoms with Gasteiger partial charge in [0, 0.05) is 24.1 Å². The van der Waals surface area contributed by atoms with E-state index in [1.807, 2.05) is 18.2 Å². The number of fused-ring (bicyclic) bond motifs is 1. The van der Waals surface area contributed by atoms with Gasteiger partial charge in [-0.3, -0.25) is 5.10 Å². The van der Waals surface area contributed by atoms with Crippen molar-refractivity contribution in [3.63, 3.8) is 0 Å². The molecule has 1 aromatic heterocycles. The predicted molar refractivity (Wildman–Crippen MR) is 149 cm³/mol. The largest absolute Gasteiger partial charge is 0.336 e. The standard InChI is InChI=1S/C30H40FN4S/c1-6-8-20(11-13-24(7-2)30(3,4)5)22-9-10-23(17-22)27-18-28(34-33-27)32-26-14-12-21-15-16-35(36)19-25(21)29(26)31/h7-8,11-14,18,22-23H,6,9-10,15-17,19H2,1-5H3,(H2,32,33,34)/q+1/b13-11-,20-8-,24-7+. The molecule has 1 saturated carbocycles. The minimum absolute atomic E-state index is 0.141. The molecule has 1 fully saturated rings. The van der Waals surface area contributed by atoms with Gasteiger partial charge in [0.2, 0.25) is 0 Å². The molecule has 0 spiro atoms. The van der Waals surface area contributed by atoms with Gasteiger partial charge in [-0.2, -0.15) is 9.04 Å². The lowest BCUT2D eigenvalue weighted by molar-refractivity contribution is -0.518. The maximum absolute atomic E-state index is 15.2. The number of benzene rings is 1. The highest BCUT2D eigenvalue weighted by Crippen LogP contribution is 2.42. The second-order valence-corrected chi connectivity index (χ2v) is 11.7. The molecule has 2 atom stereocenters. The van der Waals surface area contributed by atoms with E-state index in [-0.39, 0.29) is 11.2 Å². The topological polar surface area (TPSA) is 43.7 Å². The summed E-state index contributed by atoms with van der Waals surface area (Å²) >= 11 is 5.28. The Morgan fingerprint density at radius 1 is 1.28 bits per heavy atom. The van der Waals surface area contributed by atoms with Crippen LogP contribution in [0.2, 0.25) is 0 Å². The van der Waals surface area contributed by atoms with E-state index in [4.69, 9.17) is 12.4 Å². The molecule has 0 saturated heterocycles. The zero-order valence-electron chi connectivity index (χ0n) is 22.3. The Kier molecular flexibility index (Phi) is 8.23. The van der Waals surface area contributed by atoms with Crippen molar-refractivity contribution in [2.24, 2.45) is 11.3 Å². The first-order chi connectivity index (χ1) is 17.2. The molecule has 4 rings (SSSR count). The van der Waals surface area contributed by atoms with Crippen molar-refractivity contribution in [2.75, 3.05) is 11.9 Å². The summed E-state index contributed by atoms with van der Waals surface area (Å²) in [6.07, 6.45) is 14.4. The van der Waals surface area contributed by atoms with Crippen molar-refractivity contribution in [3.8, 4) is 0 Å². The molecule has 192 valence electrons. The van der Waals surface area contributed by atoms with E-state index < -0.39 is 0 Å². The molecular formula is C30H40FN4S+. The fourth-order valence-corrected chi connectivity index (χ4v) is 5.77. The highest BCUT2D eigenvalue weighted by Gasteiger charge is 2.29. The third-order valence-electron chi connectivity index (χ3n) is 7.58. The number of aromatic amines is 1. The third-order valence-corrected chi connectivity index (χ3v) is 7.89. The van der Waals surface area contributed by atoms with Crippen LogP contribution >= 0.6 is 0 Å². The first-order valence-electron chi connectivity index (χ1n) is 13.3. The van der Waals surface area contributed by atoms with Crippen LogP contribution in [-0.2, 0) is 25.4 Å². The fourth-order valence-electron chi connectivity index (χ4n) is 5.55. The number of rotatable bonds is 7. The number of anilines is 2. The van der Waals surface area contributed by atoms with E-state index >= 15 is 4.39 Å². The Hall–Kier alpha value is -2.60. The van der Waals surface area contributed by atoms with Gasteiger partial charge in [-0.15, -0.1) is 0 Å². The molecule has 1 aliphatic heterocycles. The normalized spacial score (nSPS) is 21.3. The summed E-state index contributed by atoms with van der Waals surface area (Å²) < 4.78 is 16.9. The molecule has 0 bridgehead atoms. The second-order valence-electron chi connectivity index (χ2n) is 11.2. The average molecular weight is 508 g/mol. The van der Waals surface area contributed by atoms with Crippen LogP contribution in [0.5, 0.6) is 0 Å². The van der Waals surface area contributed by atoms with Crippen molar-refractivity contribution >= 4 is 23.9 Å². The monoisotopic (exact) mass is 507 g/mol. The zero-order valence-corrected chi connectivity index (χ0v) is 23.1. The number of aromatic nitrogens is 2. The molecule has 36 heavy (non-hydrogen) atoms. The van der Waals surface area contributed by atoms with Gasteiger partial charge in [0.25, 0.3) is 12.4 Å². The smallest absolute Gasteiger partial charge is 0.263 e. The van der Waals surface area contributed by atoms with E-state index in [9.17, 15) is 0 Å². The fraction of sp³-hybridized carbons (Fsp3) is 0.500. The van der Waals surface area contributed by atoms with E-state index in [2.05, 4.69) is 74.4 Å². The molecule has 2 heterocycles. The lowest BCUT2D eigenvalue weighted by Crippen LogP contribution is -2.21. The number of hydrogen-bond donors (Lipinski definition) is 2. The van der Waals surface area contributed by atoms with E-state index in [0.717, 1.165) is 43.5 Å². The Labute approximate surface area is 220 Å². The molecule has 1 aromatic carbocycles. The molecule has 0 amide bonds. The van der Waals surface area contributed by atoms with Crippen LogP contribution in [0.4, 0.5) is 15.9 Å². The van der Waals surface area contributed by atoms with Gasteiger partial charge in [-0.1, -0.05) is 58.1 Å². The Bertz CT molecular complexity index is 1200. The maximum Gasteiger partial charge on any atom is 0.263 e. The molecule has 2 N–H and O–H groups in total. The molecule has 2 aliphatic rings. The number of nitrogens with one attached hydrogen (secondary N) is 2. The Balaban J connectivity index is 1.44. The minimum atomic E-state index is -0.218. The Morgan fingerprint density at radius 3 is 2.81 bits per heavy atom. The van der Waals surface area contributed by atoms with Crippen LogP contribution in [-0.4, -0.2) is 20.7 Å². The SMILES string of the molecule is C\C=C(/C=C\C(=C\CC)C1CCC(c2cc(Nc3ccc4c(c3F)C[N+](=S)CC4)n[nH]2)C1)C(C)(C)C.